The number of aryl methyl sites for hydroxylation is 1. The second-order valence-electron chi connectivity index (χ2n) is 6.01. The smallest absolute Gasteiger partial charge is 0.272 e. The van der Waals surface area contributed by atoms with Gasteiger partial charge in [0.2, 0.25) is 0 Å². The number of carbonyl (C=O) groups excluding carboxylic acids is 1. The molecule has 7 nitrogen and oxygen atoms in total. The number of rotatable bonds is 5. The normalized spacial score (nSPS) is 18.7. The van der Waals surface area contributed by atoms with Crippen LogP contribution in [-0.4, -0.2) is 42.1 Å². The molecule has 2 heterocycles. The first-order chi connectivity index (χ1) is 12.0. The molecule has 0 spiro atoms. The van der Waals surface area contributed by atoms with Crippen molar-refractivity contribution in [3.8, 4) is 0 Å². The molecule has 0 saturated carbocycles. The lowest BCUT2D eigenvalue weighted by Crippen LogP contribution is -2.36. The molecule has 1 aliphatic heterocycles. The Kier molecular flexibility index (Phi) is 4.98. The Bertz CT molecular complexity index is 866. The van der Waals surface area contributed by atoms with E-state index in [9.17, 15) is 13.2 Å². The maximum absolute atomic E-state index is 12.2. The molecular weight excluding hydrogens is 340 g/mol. The van der Waals surface area contributed by atoms with Crippen molar-refractivity contribution in [1.29, 1.82) is 0 Å². The minimum atomic E-state index is -3.03. The summed E-state index contributed by atoms with van der Waals surface area (Å²) in [6.07, 6.45) is 1.33. The van der Waals surface area contributed by atoms with Gasteiger partial charge in [0.15, 0.2) is 21.3 Å². The average Bonchev–Trinajstić information content (AvgIpc) is 2.94. The zero-order chi connectivity index (χ0) is 17.9. The van der Waals surface area contributed by atoms with E-state index in [4.69, 9.17) is 0 Å². The fourth-order valence-corrected chi connectivity index (χ4v) is 4.45. The summed E-state index contributed by atoms with van der Waals surface area (Å²) < 4.78 is 22.9. The van der Waals surface area contributed by atoms with Crippen LogP contribution in [0.1, 0.15) is 29.4 Å². The molecule has 1 atom stereocenters. The second kappa shape index (κ2) is 7.18. The van der Waals surface area contributed by atoms with Gasteiger partial charge in [-0.15, -0.1) is 10.2 Å². The van der Waals surface area contributed by atoms with Crippen LogP contribution >= 0.6 is 0 Å². The summed E-state index contributed by atoms with van der Waals surface area (Å²) in [4.78, 5) is 12.2. The van der Waals surface area contributed by atoms with E-state index in [1.165, 1.54) is 0 Å². The first-order valence-corrected chi connectivity index (χ1v) is 9.99. The highest BCUT2D eigenvalue weighted by atomic mass is 32.2. The van der Waals surface area contributed by atoms with E-state index in [0.29, 0.717) is 12.2 Å². The minimum absolute atomic E-state index is 0.0143. The largest absolute Gasteiger partial charge is 0.347 e. The molecular formula is C17H20N4O3S. The zero-order valence-electron chi connectivity index (χ0n) is 13.9. The molecule has 1 aromatic heterocycles. The van der Waals surface area contributed by atoms with Gasteiger partial charge in [-0.25, -0.2) is 8.42 Å². The van der Waals surface area contributed by atoms with Crippen molar-refractivity contribution in [2.75, 3.05) is 16.8 Å². The lowest BCUT2D eigenvalue weighted by Gasteiger charge is -2.11. The van der Waals surface area contributed by atoms with Crippen molar-refractivity contribution in [3.05, 3.63) is 47.7 Å². The van der Waals surface area contributed by atoms with Crippen molar-refractivity contribution >= 4 is 27.2 Å². The molecule has 3 rings (SSSR count). The number of carbonyl (C=O) groups is 1. The molecule has 1 aromatic carbocycles. The predicted octanol–water partition coefficient (Wildman–Crippen LogP) is 1.70. The number of anilines is 2. The van der Waals surface area contributed by atoms with E-state index in [-0.39, 0.29) is 23.2 Å². The standard InChI is InChI=1S/C17H20N4O3S/c1-2-12-5-3-4-6-14(12)19-16-8-7-15(20-21-16)17(22)18-13-9-10-25(23,24)11-13/h3-8,13H,2,9-11H2,1H3,(H,18,22)(H,19,21). The minimum Gasteiger partial charge on any atom is -0.347 e. The van der Waals surface area contributed by atoms with Crippen molar-refractivity contribution in [2.24, 2.45) is 0 Å². The Labute approximate surface area is 146 Å². The third-order valence-electron chi connectivity index (χ3n) is 4.13. The quantitative estimate of drug-likeness (QED) is 0.842. The first kappa shape index (κ1) is 17.3. The van der Waals surface area contributed by atoms with Crippen LogP contribution in [0.25, 0.3) is 0 Å². The number of benzene rings is 1. The average molecular weight is 360 g/mol. The van der Waals surface area contributed by atoms with E-state index in [2.05, 4.69) is 27.8 Å². The molecule has 0 radical (unpaired) electrons. The number of hydrogen-bond acceptors (Lipinski definition) is 6. The summed E-state index contributed by atoms with van der Waals surface area (Å²) in [5.41, 5.74) is 2.28. The van der Waals surface area contributed by atoms with Crippen LogP contribution in [-0.2, 0) is 16.3 Å². The van der Waals surface area contributed by atoms with E-state index in [1.807, 2.05) is 24.3 Å². The van der Waals surface area contributed by atoms with Gasteiger partial charge in [-0.2, -0.15) is 0 Å². The van der Waals surface area contributed by atoms with Crippen LogP contribution < -0.4 is 10.6 Å². The summed E-state index contributed by atoms with van der Waals surface area (Å²) in [5, 5.41) is 13.9. The molecule has 2 N–H and O–H groups in total. The van der Waals surface area contributed by atoms with Crippen LogP contribution in [0.2, 0.25) is 0 Å². The number of para-hydroxylation sites is 1. The van der Waals surface area contributed by atoms with Gasteiger partial charge in [0.1, 0.15) is 0 Å². The lowest BCUT2D eigenvalue weighted by atomic mass is 10.1. The Morgan fingerprint density at radius 2 is 2.00 bits per heavy atom. The molecule has 25 heavy (non-hydrogen) atoms. The Morgan fingerprint density at radius 3 is 2.64 bits per heavy atom. The van der Waals surface area contributed by atoms with Gasteiger partial charge < -0.3 is 10.6 Å². The molecule has 8 heteroatoms. The SMILES string of the molecule is CCc1ccccc1Nc1ccc(C(=O)NC2CCS(=O)(=O)C2)nn1. The Balaban J connectivity index is 1.65. The maximum atomic E-state index is 12.2. The summed E-state index contributed by atoms with van der Waals surface area (Å²) in [6.45, 7) is 2.07. The summed E-state index contributed by atoms with van der Waals surface area (Å²) in [6, 6.07) is 10.8. The highest BCUT2D eigenvalue weighted by Gasteiger charge is 2.29. The van der Waals surface area contributed by atoms with E-state index >= 15 is 0 Å². The number of sulfone groups is 1. The third-order valence-corrected chi connectivity index (χ3v) is 5.89. The zero-order valence-corrected chi connectivity index (χ0v) is 14.7. The second-order valence-corrected chi connectivity index (χ2v) is 8.24. The maximum Gasteiger partial charge on any atom is 0.272 e. The number of amides is 1. The van der Waals surface area contributed by atoms with Gasteiger partial charge in [-0.1, -0.05) is 25.1 Å². The molecule has 1 unspecified atom stereocenters. The molecule has 2 aromatic rings. The Hall–Kier alpha value is -2.48. The number of hydrogen-bond donors (Lipinski definition) is 2. The number of aromatic nitrogens is 2. The van der Waals surface area contributed by atoms with Gasteiger partial charge in [-0.3, -0.25) is 4.79 Å². The highest BCUT2D eigenvalue weighted by molar-refractivity contribution is 7.91. The van der Waals surface area contributed by atoms with Crippen molar-refractivity contribution in [2.45, 2.75) is 25.8 Å². The molecule has 1 amide bonds. The van der Waals surface area contributed by atoms with Crippen LogP contribution in [0.5, 0.6) is 0 Å². The van der Waals surface area contributed by atoms with Crippen molar-refractivity contribution in [3.63, 3.8) is 0 Å². The van der Waals surface area contributed by atoms with E-state index in [0.717, 1.165) is 17.7 Å². The number of nitrogens with one attached hydrogen (secondary N) is 2. The van der Waals surface area contributed by atoms with Gasteiger partial charge in [0, 0.05) is 11.7 Å². The topological polar surface area (TPSA) is 101 Å². The van der Waals surface area contributed by atoms with E-state index in [1.54, 1.807) is 12.1 Å². The molecule has 132 valence electrons. The fraction of sp³-hybridized carbons (Fsp3) is 0.353. The highest BCUT2D eigenvalue weighted by Crippen LogP contribution is 2.19. The Morgan fingerprint density at radius 1 is 1.20 bits per heavy atom. The molecule has 1 aliphatic rings. The first-order valence-electron chi connectivity index (χ1n) is 8.17. The molecule has 0 aliphatic carbocycles. The third kappa shape index (κ3) is 4.33. The van der Waals surface area contributed by atoms with Crippen molar-refractivity contribution < 1.29 is 13.2 Å². The van der Waals surface area contributed by atoms with Crippen molar-refractivity contribution in [1.82, 2.24) is 15.5 Å². The fourth-order valence-electron chi connectivity index (χ4n) is 2.78. The van der Waals surface area contributed by atoms with Crippen LogP contribution in [0.15, 0.2) is 36.4 Å². The van der Waals surface area contributed by atoms with Gasteiger partial charge in [0.05, 0.1) is 11.5 Å². The lowest BCUT2D eigenvalue weighted by molar-refractivity contribution is 0.0935. The summed E-state index contributed by atoms with van der Waals surface area (Å²) in [7, 11) is -3.03. The predicted molar refractivity (Wildman–Crippen MR) is 95.7 cm³/mol. The van der Waals surface area contributed by atoms with Gasteiger partial charge >= 0.3 is 0 Å². The van der Waals surface area contributed by atoms with Crippen LogP contribution in [0.4, 0.5) is 11.5 Å². The molecule has 1 fully saturated rings. The van der Waals surface area contributed by atoms with Gasteiger partial charge in [-0.05, 0) is 36.6 Å². The number of nitrogens with zero attached hydrogens (tertiary/aromatic N) is 2. The van der Waals surface area contributed by atoms with Gasteiger partial charge in [0.25, 0.3) is 5.91 Å². The van der Waals surface area contributed by atoms with Crippen LogP contribution in [0.3, 0.4) is 0 Å². The summed E-state index contributed by atoms with van der Waals surface area (Å²) in [5.74, 6) is 0.235. The van der Waals surface area contributed by atoms with Crippen LogP contribution in [0, 0.1) is 0 Å². The molecule has 0 bridgehead atoms. The summed E-state index contributed by atoms with van der Waals surface area (Å²) >= 11 is 0. The molecule has 1 saturated heterocycles. The van der Waals surface area contributed by atoms with E-state index < -0.39 is 15.7 Å². The monoisotopic (exact) mass is 360 g/mol.